The Kier molecular flexibility index (Phi) is 4.39. The number of ether oxygens (including phenoxy) is 2. The topological polar surface area (TPSA) is 89.2 Å². The van der Waals surface area contributed by atoms with Crippen LogP contribution in [0.15, 0.2) is 40.8 Å². The molecule has 7 heteroatoms. The molecule has 27 heavy (non-hydrogen) atoms. The lowest BCUT2D eigenvalue weighted by atomic mass is 9.74. The minimum Gasteiger partial charge on any atom is -0.493 e. The Morgan fingerprint density at radius 3 is 2.89 bits per heavy atom. The van der Waals surface area contributed by atoms with Gasteiger partial charge in [-0.1, -0.05) is 18.2 Å². The van der Waals surface area contributed by atoms with Gasteiger partial charge in [-0.3, -0.25) is 9.59 Å². The van der Waals surface area contributed by atoms with Crippen molar-refractivity contribution in [2.24, 2.45) is 11.3 Å². The number of para-hydroxylation sites is 1. The average Bonchev–Trinajstić information content (AvgIpc) is 3.23. The molecule has 142 valence electrons. The average molecular weight is 371 g/mol. The molecule has 0 unspecified atom stereocenters. The van der Waals surface area contributed by atoms with E-state index in [4.69, 9.17) is 13.9 Å². The van der Waals surface area contributed by atoms with Gasteiger partial charge in [0.15, 0.2) is 5.76 Å². The van der Waals surface area contributed by atoms with E-state index < -0.39 is 11.4 Å². The van der Waals surface area contributed by atoms with Crippen LogP contribution in [-0.4, -0.2) is 48.7 Å². The Morgan fingerprint density at radius 2 is 2.11 bits per heavy atom. The number of amides is 1. The van der Waals surface area contributed by atoms with Gasteiger partial charge in [-0.05, 0) is 30.2 Å². The summed E-state index contributed by atoms with van der Waals surface area (Å²) < 4.78 is 16.4. The van der Waals surface area contributed by atoms with Crippen LogP contribution in [0.1, 0.15) is 21.9 Å². The third-order valence-electron chi connectivity index (χ3n) is 5.49. The van der Waals surface area contributed by atoms with Gasteiger partial charge in [0, 0.05) is 26.1 Å². The minimum atomic E-state index is -1.07. The summed E-state index contributed by atoms with van der Waals surface area (Å²) in [5.74, 6) is -0.0257. The number of nitrogens with zero attached hydrogens (tertiary/aromatic N) is 1. The number of benzene rings is 1. The van der Waals surface area contributed by atoms with E-state index in [9.17, 15) is 14.7 Å². The van der Waals surface area contributed by atoms with Crippen molar-refractivity contribution in [1.82, 2.24) is 4.90 Å². The van der Waals surface area contributed by atoms with Crippen molar-refractivity contribution in [3.05, 3.63) is 53.5 Å². The Hall–Kier alpha value is -2.80. The van der Waals surface area contributed by atoms with Crippen LogP contribution < -0.4 is 4.74 Å². The quantitative estimate of drug-likeness (QED) is 0.886. The predicted molar refractivity (Wildman–Crippen MR) is 94.5 cm³/mol. The number of carboxylic acids is 1. The maximum absolute atomic E-state index is 12.9. The van der Waals surface area contributed by atoms with Gasteiger partial charge in [-0.15, -0.1) is 0 Å². The van der Waals surface area contributed by atoms with Crippen LogP contribution in [0.25, 0.3) is 0 Å². The highest BCUT2D eigenvalue weighted by Crippen LogP contribution is 2.44. The fourth-order valence-corrected chi connectivity index (χ4v) is 4.05. The summed E-state index contributed by atoms with van der Waals surface area (Å²) in [6, 6.07) is 10.8. The largest absolute Gasteiger partial charge is 0.493 e. The molecular formula is C20H21NO6. The van der Waals surface area contributed by atoms with Crippen molar-refractivity contribution in [3.63, 3.8) is 0 Å². The summed E-state index contributed by atoms with van der Waals surface area (Å²) in [4.78, 5) is 26.7. The Bertz CT molecular complexity index is 875. The van der Waals surface area contributed by atoms with Gasteiger partial charge in [0.1, 0.15) is 18.1 Å². The second kappa shape index (κ2) is 6.74. The van der Waals surface area contributed by atoms with Gasteiger partial charge in [-0.25, -0.2) is 0 Å². The van der Waals surface area contributed by atoms with E-state index >= 15 is 0 Å². The van der Waals surface area contributed by atoms with Crippen molar-refractivity contribution < 1.29 is 28.6 Å². The van der Waals surface area contributed by atoms with E-state index in [1.807, 2.05) is 24.3 Å². The predicted octanol–water partition coefficient (Wildman–Crippen LogP) is 2.20. The number of carbonyl (C=O) groups excluding carboxylic acids is 1. The number of furan rings is 1. The number of carboxylic acid groups (broad SMARTS) is 1. The molecule has 1 fully saturated rings. The molecule has 1 amide bonds. The molecule has 0 aliphatic carbocycles. The van der Waals surface area contributed by atoms with Crippen molar-refractivity contribution in [2.45, 2.75) is 13.0 Å². The molecule has 2 atom stereocenters. The maximum atomic E-state index is 12.9. The summed E-state index contributed by atoms with van der Waals surface area (Å²) in [6.45, 7) is 0.989. The molecule has 1 N–H and O–H groups in total. The summed E-state index contributed by atoms with van der Waals surface area (Å²) in [6.07, 6.45) is 0.333. The highest BCUT2D eigenvalue weighted by Gasteiger charge is 2.55. The lowest BCUT2D eigenvalue weighted by molar-refractivity contribution is -0.150. The van der Waals surface area contributed by atoms with Gasteiger partial charge in [0.05, 0.1) is 12.0 Å². The first-order valence-corrected chi connectivity index (χ1v) is 8.84. The molecule has 2 aromatic rings. The van der Waals surface area contributed by atoms with Crippen molar-refractivity contribution in [2.75, 3.05) is 26.8 Å². The number of aliphatic carboxylic acids is 1. The Morgan fingerprint density at radius 1 is 1.30 bits per heavy atom. The molecule has 3 heterocycles. The molecule has 4 rings (SSSR count). The Balaban J connectivity index is 1.61. The zero-order valence-corrected chi connectivity index (χ0v) is 15.0. The van der Waals surface area contributed by atoms with Crippen LogP contribution in [0.5, 0.6) is 5.75 Å². The highest BCUT2D eigenvalue weighted by molar-refractivity contribution is 5.92. The monoisotopic (exact) mass is 371 g/mol. The molecule has 7 nitrogen and oxygen atoms in total. The standard InChI is InChI=1S/C20H21NO6/c1-25-11-15-6-7-17(27-15)18(22)21-9-14-10-26-16-5-3-2-4-13(16)8-20(14,12-21)19(23)24/h2-7,14H,8-12H2,1H3,(H,23,24)/t14-,20+/m0/s1. The van der Waals surface area contributed by atoms with Crippen molar-refractivity contribution >= 4 is 11.9 Å². The van der Waals surface area contributed by atoms with Crippen molar-refractivity contribution in [3.8, 4) is 5.75 Å². The fourth-order valence-electron chi connectivity index (χ4n) is 4.05. The summed E-state index contributed by atoms with van der Waals surface area (Å²) in [5, 5.41) is 10.1. The van der Waals surface area contributed by atoms with E-state index in [-0.39, 0.29) is 37.3 Å². The van der Waals surface area contributed by atoms with Crippen LogP contribution in [-0.2, 0) is 22.6 Å². The zero-order valence-electron chi connectivity index (χ0n) is 15.0. The first-order valence-electron chi connectivity index (χ1n) is 8.84. The smallest absolute Gasteiger partial charge is 0.312 e. The molecule has 0 radical (unpaired) electrons. The second-order valence-electron chi connectivity index (χ2n) is 7.14. The van der Waals surface area contributed by atoms with E-state index in [0.29, 0.717) is 18.7 Å². The van der Waals surface area contributed by atoms with Crippen LogP contribution in [0, 0.1) is 11.3 Å². The summed E-state index contributed by atoms with van der Waals surface area (Å²) in [7, 11) is 1.55. The molecule has 2 aliphatic heterocycles. The molecule has 1 aromatic heterocycles. The van der Waals surface area contributed by atoms with Gasteiger partial charge in [0.2, 0.25) is 0 Å². The second-order valence-corrected chi connectivity index (χ2v) is 7.14. The van der Waals surface area contributed by atoms with Gasteiger partial charge in [-0.2, -0.15) is 0 Å². The number of fused-ring (bicyclic) bond motifs is 2. The number of methoxy groups -OCH3 is 1. The highest BCUT2D eigenvalue weighted by atomic mass is 16.5. The van der Waals surface area contributed by atoms with Gasteiger partial charge in [0.25, 0.3) is 5.91 Å². The molecule has 1 saturated heterocycles. The SMILES string of the molecule is COCc1ccc(C(=O)N2C[C@H]3COc4ccccc4C[C@@]3(C(=O)O)C2)o1. The third-order valence-corrected chi connectivity index (χ3v) is 5.49. The van der Waals surface area contributed by atoms with Crippen LogP contribution in [0.4, 0.5) is 0 Å². The van der Waals surface area contributed by atoms with Crippen LogP contribution >= 0.6 is 0 Å². The molecule has 0 saturated carbocycles. The van der Waals surface area contributed by atoms with Crippen molar-refractivity contribution in [1.29, 1.82) is 0 Å². The van der Waals surface area contributed by atoms with E-state index in [1.165, 1.54) is 0 Å². The van der Waals surface area contributed by atoms with Crippen LogP contribution in [0.2, 0.25) is 0 Å². The van der Waals surface area contributed by atoms with E-state index in [0.717, 1.165) is 11.3 Å². The maximum Gasteiger partial charge on any atom is 0.312 e. The summed E-state index contributed by atoms with van der Waals surface area (Å²) in [5.41, 5.74) is -0.207. The van der Waals surface area contributed by atoms with E-state index in [2.05, 4.69) is 0 Å². The fraction of sp³-hybridized carbons (Fsp3) is 0.400. The first kappa shape index (κ1) is 17.6. The number of carbonyl (C=O) groups is 2. The lowest BCUT2D eigenvalue weighted by Gasteiger charge is -2.27. The molecule has 1 aromatic carbocycles. The molecule has 0 bridgehead atoms. The lowest BCUT2D eigenvalue weighted by Crippen LogP contribution is -2.42. The molecular weight excluding hydrogens is 350 g/mol. The zero-order chi connectivity index (χ0) is 19.0. The van der Waals surface area contributed by atoms with Crippen LogP contribution in [0.3, 0.4) is 0 Å². The number of hydrogen-bond acceptors (Lipinski definition) is 5. The third kappa shape index (κ3) is 2.98. The number of likely N-dealkylation sites (tertiary alicyclic amines) is 1. The van der Waals surface area contributed by atoms with Gasteiger partial charge < -0.3 is 23.9 Å². The normalized spacial score (nSPS) is 23.9. The van der Waals surface area contributed by atoms with Gasteiger partial charge >= 0.3 is 5.97 Å². The minimum absolute atomic E-state index is 0.129. The summed E-state index contributed by atoms with van der Waals surface area (Å²) >= 11 is 0. The first-order chi connectivity index (χ1) is 13.0. The number of rotatable bonds is 4. The molecule has 0 spiro atoms. The number of hydrogen-bond donors (Lipinski definition) is 1. The molecule has 2 aliphatic rings. The van der Waals surface area contributed by atoms with E-state index in [1.54, 1.807) is 24.1 Å². The Labute approximate surface area is 156 Å².